The molecule has 0 spiro atoms. The zero-order valence-corrected chi connectivity index (χ0v) is 29.6. The van der Waals surface area contributed by atoms with Gasteiger partial charge in [0.25, 0.3) is 0 Å². The lowest BCUT2D eigenvalue weighted by atomic mass is 10.0. The van der Waals surface area contributed by atoms with E-state index in [-0.39, 0.29) is 25.6 Å². The molecule has 266 valence electrons. The lowest BCUT2D eigenvalue weighted by Gasteiger charge is -2.18. The molecule has 0 aliphatic heterocycles. The molecule has 0 aromatic carbocycles. The van der Waals surface area contributed by atoms with E-state index in [1.165, 1.54) is 25.7 Å². The number of aliphatic hydroxyl groups is 1. The molecule has 0 unspecified atom stereocenters. The maximum Gasteiger partial charge on any atom is 0.469 e. The van der Waals surface area contributed by atoms with Gasteiger partial charge in [0.15, 0.2) is 6.10 Å². The second kappa shape index (κ2) is 30.3. The highest BCUT2D eigenvalue weighted by Gasteiger charge is 2.22. The van der Waals surface area contributed by atoms with Crippen LogP contribution in [0.1, 0.15) is 136 Å². The van der Waals surface area contributed by atoms with Crippen LogP contribution in [-0.2, 0) is 28.2 Å². The average molecular weight is 671 g/mol. The van der Waals surface area contributed by atoms with Crippen LogP contribution in [0.15, 0.2) is 48.6 Å². The topological polar surface area (TPSA) is 140 Å². The van der Waals surface area contributed by atoms with Gasteiger partial charge in [-0.2, -0.15) is 0 Å². The second-order valence-corrected chi connectivity index (χ2v) is 13.4. The molecular weight excluding hydrogens is 607 g/mol. The SMILES string of the molecule is CC[C@@H](O)CC/C=C\C/C=C\C/C=C\C/C=C\CCCC(=O)O[C@H](COC(=O)CCCCCCCCCC(C)C)COP(=O)(O)O. The number of rotatable bonds is 30. The van der Waals surface area contributed by atoms with Crippen LogP contribution in [-0.4, -0.2) is 52.3 Å². The van der Waals surface area contributed by atoms with Gasteiger partial charge >= 0.3 is 19.8 Å². The summed E-state index contributed by atoms with van der Waals surface area (Å²) in [5.41, 5.74) is 0. The highest BCUT2D eigenvalue weighted by atomic mass is 31.2. The summed E-state index contributed by atoms with van der Waals surface area (Å²) in [6.45, 7) is 5.58. The number of hydrogen-bond donors (Lipinski definition) is 3. The molecule has 9 nitrogen and oxygen atoms in total. The van der Waals surface area contributed by atoms with Gasteiger partial charge in [0.1, 0.15) is 6.61 Å². The quantitative estimate of drug-likeness (QED) is 0.0296. The molecule has 46 heavy (non-hydrogen) atoms. The Bertz CT molecular complexity index is 920. The van der Waals surface area contributed by atoms with Crippen molar-refractivity contribution in [3.05, 3.63) is 48.6 Å². The summed E-state index contributed by atoms with van der Waals surface area (Å²) < 4.78 is 26.1. The van der Waals surface area contributed by atoms with Gasteiger partial charge in [-0.3, -0.25) is 14.1 Å². The first-order chi connectivity index (χ1) is 22.0. The van der Waals surface area contributed by atoms with Gasteiger partial charge in [0, 0.05) is 12.8 Å². The molecule has 0 saturated carbocycles. The number of unbranched alkanes of at least 4 members (excludes halogenated alkanes) is 7. The predicted octanol–water partition coefficient (Wildman–Crippen LogP) is 8.83. The summed E-state index contributed by atoms with van der Waals surface area (Å²) in [7, 11) is -4.77. The minimum atomic E-state index is -4.77. The third-order valence-corrected chi connectivity index (χ3v) is 7.68. The Labute approximate surface area is 278 Å². The van der Waals surface area contributed by atoms with E-state index < -0.39 is 32.5 Å². The maximum atomic E-state index is 12.3. The van der Waals surface area contributed by atoms with Gasteiger partial charge < -0.3 is 24.4 Å². The van der Waals surface area contributed by atoms with Crippen molar-refractivity contribution < 1.29 is 43.0 Å². The largest absolute Gasteiger partial charge is 0.469 e. The Morgan fingerprint density at radius 2 is 1.20 bits per heavy atom. The van der Waals surface area contributed by atoms with Crippen LogP contribution in [0.2, 0.25) is 0 Å². The number of ether oxygens (including phenoxy) is 2. The second-order valence-electron chi connectivity index (χ2n) is 12.1. The number of carbonyl (C=O) groups is 2. The molecule has 0 aromatic heterocycles. The summed E-state index contributed by atoms with van der Waals surface area (Å²) in [5, 5.41) is 9.52. The molecule has 0 bridgehead atoms. The fraction of sp³-hybridized carbons (Fsp3) is 0.722. The third kappa shape index (κ3) is 33.3. The van der Waals surface area contributed by atoms with Gasteiger partial charge in [0.2, 0.25) is 0 Å². The number of phosphoric acid groups is 1. The third-order valence-electron chi connectivity index (χ3n) is 7.19. The summed E-state index contributed by atoms with van der Waals surface area (Å²) >= 11 is 0. The molecule has 0 rings (SSSR count). The minimum Gasteiger partial charge on any atom is -0.462 e. The number of allylic oxidation sites excluding steroid dienone is 8. The molecule has 0 amide bonds. The van der Waals surface area contributed by atoms with Crippen molar-refractivity contribution in [1.29, 1.82) is 0 Å². The van der Waals surface area contributed by atoms with E-state index in [0.717, 1.165) is 63.7 Å². The smallest absolute Gasteiger partial charge is 0.462 e. The standard InChI is InChI=1S/C36H63O9P/c1-4-33(37)27-23-19-15-11-9-7-5-6-8-10-12-16-21-25-29-36(39)45-34(31-44-46(40,41)42)30-43-35(38)28-24-20-17-13-14-18-22-26-32(2)3/h6-9,12,15-16,19,32-34,37H,4-5,10-11,13-14,17-18,20-31H2,1-3H3,(H2,40,41,42)/b8-6-,9-7-,16-12-,19-15-/t33-,34-/m1/s1. The van der Waals surface area contributed by atoms with Crippen LogP contribution in [0.25, 0.3) is 0 Å². The number of hydrogen-bond acceptors (Lipinski definition) is 7. The van der Waals surface area contributed by atoms with Crippen molar-refractivity contribution in [3.8, 4) is 0 Å². The molecule has 0 radical (unpaired) electrons. The highest BCUT2D eigenvalue weighted by Crippen LogP contribution is 2.35. The van der Waals surface area contributed by atoms with Gasteiger partial charge in [-0.1, -0.05) is 114 Å². The Kier molecular flexibility index (Phi) is 29.0. The molecule has 0 aromatic rings. The van der Waals surface area contributed by atoms with Crippen molar-refractivity contribution in [3.63, 3.8) is 0 Å². The highest BCUT2D eigenvalue weighted by molar-refractivity contribution is 7.46. The van der Waals surface area contributed by atoms with Gasteiger partial charge in [-0.05, 0) is 63.7 Å². The molecule has 0 fully saturated rings. The van der Waals surface area contributed by atoms with E-state index >= 15 is 0 Å². The monoisotopic (exact) mass is 670 g/mol. The van der Waals surface area contributed by atoms with E-state index in [1.54, 1.807) is 0 Å². The first-order valence-electron chi connectivity index (χ1n) is 17.4. The number of phosphoric ester groups is 1. The van der Waals surface area contributed by atoms with Crippen LogP contribution < -0.4 is 0 Å². The van der Waals surface area contributed by atoms with Crippen molar-refractivity contribution in [2.24, 2.45) is 5.92 Å². The van der Waals surface area contributed by atoms with Crippen molar-refractivity contribution in [2.45, 2.75) is 149 Å². The van der Waals surface area contributed by atoms with Crippen molar-refractivity contribution in [1.82, 2.24) is 0 Å². The Morgan fingerprint density at radius 1 is 0.674 bits per heavy atom. The molecule has 0 saturated heterocycles. The summed E-state index contributed by atoms with van der Waals surface area (Å²) in [4.78, 5) is 42.5. The Balaban J connectivity index is 4.14. The van der Waals surface area contributed by atoms with Crippen molar-refractivity contribution >= 4 is 19.8 Å². The zero-order chi connectivity index (χ0) is 34.3. The number of esters is 2. The maximum absolute atomic E-state index is 12.3. The van der Waals surface area contributed by atoms with Crippen molar-refractivity contribution in [2.75, 3.05) is 13.2 Å². The Hall–Kier alpha value is -2.03. The molecule has 0 aliphatic carbocycles. The molecular formula is C36H63O9P. The average Bonchev–Trinajstić information content (AvgIpc) is 3.00. The molecule has 2 atom stereocenters. The predicted molar refractivity (Wildman–Crippen MR) is 185 cm³/mol. The Morgan fingerprint density at radius 3 is 1.76 bits per heavy atom. The number of aliphatic hydroxyl groups excluding tert-OH is 1. The van der Waals surface area contributed by atoms with E-state index in [1.807, 2.05) is 19.1 Å². The van der Waals surface area contributed by atoms with Crippen LogP contribution in [0.3, 0.4) is 0 Å². The molecule has 10 heteroatoms. The van der Waals surface area contributed by atoms with Crippen LogP contribution >= 0.6 is 7.82 Å². The van der Waals surface area contributed by atoms with Crippen LogP contribution in [0.4, 0.5) is 0 Å². The summed E-state index contributed by atoms with van der Waals surface area (Å²) in [6, 6.07) is 0. The molecule has 0 aliphatic rings. The van der Waals surface area contributed by atoms with E-state index in [4.69, 9.17) is 19.3 Å². The minimum absolute atomic E-state index is 0.121. The fourth-order valence-electron chi connectivity index (χ4n) is 4.41. The number of carbonyl (C=O) groups excluding carboxylic acids is 2. The van der Waals surface area contributed by atoms with Gasteiger partial charge in [0.05, 0.1) is 12.7 Å². The first-order valence-corrected chi connectivity index (χ1v) is 18.9. The van der Waals surface area contributed by atoms with Gasteiger partial charge in [-0.15, -0.1) is 0 Å². The fourth-order valence-corrected chi connectivity index (χ4v) is 4.77. The van der Waals surface area contributed by atoms with Crippen LogP contribution in [0, 0.1) is 5.92 Å². The molecule has 3 N–H and O–H groups in total. The van der Waals surface area contributed by atoms with Gasteiger partial charge in [-0.25, -0.2) is 4.57 Å². The lowest BCUT2D eigenvalue weighted by Crippen LogP contribution is -2.29. The van der Waals surface area contributed by atoms with Crippen LogP contribution in [0.5, 0.6) is 0 Å². The normalized spacial score (nSPS) is 13.9. The molecule has 0 heterocycles. The zero-order valence-electron chi connectivity index (χ0n) is 28.7. The van der Waals surface area contributed by atoms with E-state index in [0.29, 0.717) is 19.3 Å². The lowest BCUT2D eigenvalue weighted by molar-refractivity contribution is -0.161. The first kappa shape index (κ1) is 44.0. The summed E-state index contributed by atoms with van der Waals surface area (Å²) in [6.07, 6.45) is 30.9. The van der Waals surface area contributed by atoms with E-state index in [2.05, 4.69) is 54.8 Å². The summed E-state index contributed by atoms with van der Waals surface area (Å²) in [5.74, 6) is -0.228. The van der Waals surface area contributed by atoms with E-state index in [9.17, 15) is 19.3 Å².